The van der Waals surface area contributed by atoms with E-state index in [0.29, 0.717) is 6.54 Å². The molecule has 1 amide bonds. The Bertz CT molecular complexity index is 368. The van der Waals surface area contributed by atoms with Gasteiger partial charge in [-0.25, -0.2) is 13.2 Å². The van der Waals surface area contributed by atoms with Crippen LogP contribution in [0.5, 0.6) is 0 Å². The summed E-state index contributed by atoms with van der Waals surface area (Å²) in [5, 5.41) is 0. The Hall–Kier alpha value is -0.740. The fourth-order valence-corrected chi connectivity index (χ4v) is 3.31. The maximum absolute atomic E-state index is 14.1. The Morgan fingerprint density at radius 2 is 1.70 bits per heavy atom. The first-order valence-electron chi connectivity index (χ1n) is 7.41. The van der Waals surface area contributed by atoms with Gasteiger partial charge in [-0.3, -0.25) is 4.79 Å². The number of carbonyl (C=O) groups is 1. The van der Waals surface area contributed by atoms with E-state index in [2.05, 4.69) is 0 Å². The van der Waals surface area contributed by atoms with Gasteiger partial charge in [0.2, 0.25) is 11.8 Å². The number of rotatable bonds is 1. The van der Waals surface area contributed by atoms with Gasteiger partial charge in [-0.05, 0) is 18.3 Å². The van der Waals surface area contributed by atoms with Crippen molar-refractivity contribution in [1.29, 1.82) is 0 Å². The summed E-state index contributed by atoms with van der Waals surface area (Å²) in [6.07, 6.45) is -1.01. The lowest BCUT2D eigenvalue weighted by molar-refractivity contribution is -0.139. The molecular formula is C15H24F3NO. The minimum Gasteiger partial charge on any atom is -0.339 e. The number of hydrogen-bond acceptors (Lipinski definition) is 1. The molecule has 5 heteroatoms. The third-order valence-corrected chi connectivity index (χ3v) is 4.74. The van der Waals surface area contributed by atoms with E-state index in [1.165, 1.54) is 0 Å². The van der Waals surface area contributed by atoms with Crippen LogP contribution in [0.25, 0.3) is 0 Å². The molecule has 2 rings (SSSR count). The van der Waals surface area contributed by atoms with Gasteiger partial charge < -0.3 is 4.90 Å². The SMILES string of the molecule is CC(C)(C)[C@@H]1CN(C(=O)C2CCC(F)(F)CC2)C[C@@H]1F. The highest BCUT2D eigenvalue weighted by Crippen LogP contribution is 2.39. The second kappa shape index (κ2) is 5.23. The van der Waals surface area contributed by atoms with E-state index in [9.17, 15) is 18.0 Å². The molecule has 2 aliphatic rings. The average molecular weight is 291 g/mol. The molecule has 0 aromatic heterocycles. The molecule has 0 bridgehead atoms. The molecule has 0 spiro atoms. The first kappa shape index (κ1) is 15.6. The number of nitrogens with zero attached hydrogens (tertiary/aromatic N) is 1. The van der Waals surface area contributed by atoms with Crippen molar-refractivity contribution in [2.75, 3.05) is 13.1 Å². The van der Waals surface area contributed by atoms with Gasteiger partial charge in [0.1, 0.15) is 6.17 Å². The molecule has 0 aromatic carbocycles. The molecule has 0 unspecified atom stereocenters. The molecule has 1 saturated heterocycles. The summed E-state index contributed by atoms with van der Waals surface area (Å²) in [6, 6.07) is 0. The maximum atomic E-state index is 14.1. The lowest BCUT2D eigenvalue weighted by Crippen LogP contribution is -2.39. The largest absolute Gasteiger partial charge is 0.339 e. The first-order valence-corrected chi connectivity index (χ1v) is 7.41. The second-order valence-corrected chi connectivity index (χ2v) is 7.36. The minimum absolute atomic E-state index is 0.119. The summed E-state index contributed by atoms with van der Waals surface area (Å²) in [5.41, 5.74) is -0.186. The smallest absolute Gasteiger partial charge is 0.248 e. The monoisotopic (exact) mass is 291 g/mol. The van der Waals surface area contributed by atoms with Crippen LogP contribution >= 0.6 is 0 Å². The summed E-state index contributed by atoms with van der Waals surface area (Å²) in [6.45, 7) is 6.45. The number of amides is 1. The zero-order valence-electron chi connectivity index (χ0n) is 12.5. The Kier molecular flexibility index (Phi) is 4.09. The molecule has 116 valence electrons. The van der Waals surface area contributed by atoms with Crippen LogP contribution in [-0.4, -0.2) is 36.0 Å². The lowest BCUT2D eigenvalue weighted by atomic mass is 9.79. The van der Waals surface area contributed by atoms with E-state index < -0.39 is 12.1 Å². The van der Waals surface area contributed by atoms with Gasteiger partial charge in [0, 0.05) is 31.2 Å². The Morgan fingerprint density at radius 1 is 1.15 bits per heavy atom. The van der Waals surface area contributed by atoms with E-state index >= 15 is 0 Å². The number of hydrogen-bond donors (Lipinski definition) is 0. The molecule has 1 aliphatic heterocycles. The van der Waals surface area contributed by atoms with E-state index in [0.717, 1.165) is 0 Å². The highest BCUT2D eigenvalue weighted by molar-refractivity contribution is 5.79. The van der Waals surface area contributed by atoms with Crippen molar-refractivity contribution in [3.63, 3.8) is 0 Å². The topological polar surface area (TPSA) is 20.3 Å². The Morgan fingerprint density at radius 3 is 2.15 bits per heavy atom. The number of alkyl halides is 3. The van der Waals surface area contributed by atoms with Crippen molar-refractivity contribution in [2.24, 2.45) is 17.3 Å². The fraction of sp³-hybridized carbons (Fsp3) is 0.933. The summed E-state index contributed by atoms with van der Waals surface area (Å²) >= 11 is 0. The van der Waals surface area contributed by atoms with Crippen LogP contribution in [0.1, 0.15) is 46.5 Å². The molecule has 2 nitrogen and oxygen atoms in total. The van der Waals surface area contributed by atoms with Gasteiger partial charge in [0.05, 0.1) is 6.54 Å². The van der Waals surface area contributed by atoms with Gasteiger partial charge in [-0.1, -0.05) is 20.8 Å². The standard InChI is InChI=1S/C15H24F3NO/c1-14(2,3)11-8-19(9-12(11)16)13(20)10-4-6-15(17,18)7-5-10/h10-12H,4-9H2,1-3H3/t11-,12+/m1/s1. The minimum atomic E-state index is -2.63. The van der Waals surface area contributed by atoms with Gasteiger partial charge in [-0.2, -0.15) is 0 Å². The predicted molar refractivity (Wildman–Crippen MR) is 71.3 cm³/mol. The first-order chi connectivity index (χ1) is 9.10. The molecule has 0 radical (unpaired) electrons. The zero-order chi connectivity index (χ0) is 15.1. The summed E-state index contributed by atoms with van der Waals surface area (Å²) in [4.78, 5) is 13.9. The van der Waals surface area contributed by atoms with E-state index in [1.54, 1.807) is 4.90 Å². The predicted octanol–water partition coefficient (Wildman–Crippen LogP) is 3.65. The third-order valence-electron chi connectivity index (χ3n) is 4.74. The summed E-state index contributed by atoms with van der Waals surface area (Å²) < 4.78 is 40.3. The normalized spacial score (nSPS) is 31.6. The van der Waals surface area contributed by atoms with Crippen molar-refractivity contribution in [2.45, 2.75) is 58.5 Å². The molecule has 1 saturated carbocycles. The average Bonchev–Trinajstić information content (AvgIpc) is 2.70. The second-order valence-electron chi connectivity index (χ2n) is 7.36. The van der Waals surface area contributed by atoms with Crippen molar-refractivity contribution in [1.82, 2.24) is 4.90 Å². The molecule has 0 N–H and O–H groups in total. The van der Waals surface area contributed by atoms with E-state index in [-0.39, 0.29) is 55.4 Å². The third kappa shape index (κ3) is 3.29. The zero-order valence-corrected chi connectivity index (χ0v) is 12.5. The highest BCUT2D eigenvalue weighted by atomic mass is 19.3. The van der Waals surface area contributed by atoms with Gasteiger partial charge in [0.25, 0.3) is 0 Å². The Balaban J connectivity index is 1.95. The number of likely N-dealkylation sites (tertiary alicyclic amines) is 1. The van der Waals surface area contributed by atoms with Crippen molar-refractivity contribution in [3.05, 3.63) is 0 Å². The molecule has 2 atom stereocenters. The van der Waals surface area contributed by atoms with Crippen molar-refractivity contribution >= 4 is 5.91 Å². The number of halogens is 3. The Labute approximate surface area is 118 Å². The van der Waals surface area contributed by atoms with Crippen LogP contribution in [0.3, 0.4) is 0 Å². The van der Waals surface area contributed by atoms with E-state index in [4.69, 9.17) is 0 Å². The van der Waals surface area contributed by atoms with Gasteiger partial charge in [-0.15, -0.1) is 0 Å². The van der Waals surface area contributed by atoms with Crippen molar-refractivity contribution in [3.8, 4) is 0 Å². The van der Waals surface area contributed by atoms with Crippen LogP contribution < -0.4 is 0 Å². The fourth-order valence-electron chi connectivity index (χ4n) is 3.31. The van der Waals surface area contributed by atoms with Crippen LogP contribution in [0, 0.1) is 17.3 Å². The van der Waals surface area contributed by atoms with Gasteiger partial charge >= 0.3 is 0 Å². The van der Waals surface area contributed by atoms with Crippen LogP contribution in [-0.2, 0) is 4.79 Å². The van der Waals surface area contributed by atoms with Crippen molar-refractivity contribution < 1.29 is 18.0 Å². The number of carbonyl (C=O) groups excluding carboxylic acids is 1. The van der Waals surface area contributed by atoms with Crippen LogP contribution in [0.2, 0.25) is 0 Å². The molecular weight excluding hydrogens is 267 g/mol. The van der Waals surface area contributed by atoms with Crippen LogP contribution in [0.15, 0.2) is 0 Å². The molecule has 20 heavy (non-hydrogen) atoms. The molecule has 1 aliphatic carbocycles. The van der Waals surface area contributed by atoms with E-state index in [1.807, 2.05) is 20.8 Å². The summed E-state index contributed by atoms with van der Waals surface area (Å²) in [5.74, 6) is -3.27. The maximum Gasteiger partial charge on any atom is 0.248 e. The molecule has 2 fully saturated rings. The molecule has 0 aromatic rings. The summed E-state index contributed by atoms with van der Waals surface area (Å²) in [7, 11) is 0. The quantitative estimate of drug-likeness (QED) is 0.722. The van der Waals surface area contributed by atoms with Gasteiger partial charge in [0.15, 0.2) is 0 Å². The molecule has 1 heterocycles. The van der Waals surface area contributed by atoms with Crippen LogP contribution in [0.4, 0.5) is 13.2 Å². The highest BCUT2D eigenvalue weighted by Gasteiger charge is 2.45. The lowest BCUT2D eigenvalue weighted by Gasteiger charge is -2.31.